The molecule has 19 heavy (non-hydrogen) atoms. The number of hydrogen-bond donors (Lipinski definition) is 2. The molecule has 0 bridgehead atoms. The van der Waals surface area contributed by atoms with Gasteiger partial charge in [0.25, 0.3) is 5.91 Å². The number of carbonyl (C=O) groups excluding carboxylic acids is 1. The van der Waals surface area contributed by atoms with Gasteiger partial charge in [-0.05, 0) is 26.2 Å². The molecule has 0 saturated heterocycles. The summed E-state index contributed by atoms with van der Waals surface area (Å²) in [5.41, 5.74) is 5.70. The molecule has 0 saturated carbocycles. The Morgan fingerprint density at radius 1 is 1.53 bits per heavy atom. The minimum absolute atomic E-state index is 0. The Balaban J connectivity index is 0.00000324. The molecule has 0 spiro atoms. The summed E-state index contributed by atoms with van der Waals surface area (Å²) < 4.78 is 1.70. The van der Waals surface area contributed by atoms with E-state index in [1.807, 2.05) is 13.8 Å². The third-order valence-corrected chi connectivity index (χ3v) is 2.41. The van der Waals surface area contributed by atoms with Crippen LogP contribution in [0.3, 0.4) is 0 Å². The summed E-state index contributed by atoms with van der Waals surface area (Å²) in [6.45, 7) is 9.19. The third kappa shape index (κ3) is 7.12. The largest absolute Gasteiger partial charge is 0.349 e. The van der Waals surface area contributed by atoms with E-state index in [2.05, 4.69) is 29.5 Å². The molecular weight excluding hydrogens is 266 g/mol. The van der Waals surface area contributed by atoms with E-state index < -0.39 is 5.54 Å². The predicted octanol–water partition coefficient (Wildman–Crippen LogP) is 1.21. The van der Waals surface area contributed by atoms with E-state index in [4.69, 9.17) is 5.73 Å². The molecule has 6 nitrogen and oxygen atoms in total. The Bertz CT molecular complexity index is 397. The average molecular weight is 290 g/mol. The van der Waals surface area contributed by atoms with E-state index >= 15 is 0 Å². The zero-order valence-corrected chi connectivity index (χ0v) is 12.8. The Hall–Kier alpha value is -1.14. The molecular formula is C12H24ClN5O. The standard InChI is InChI=1S/C12H23N5O.ClH/c1-9(2)5-6-17-7-10(15-16-17)11(18)14-8-12(3,4)13;/h7,9H,5-6,8,13H2,1-4H3,(H,14,18);1H. The zero-order chi connectivity index (χ0) is 13.8. The second kappa shape index (κ2) is 7.45. The van der Waals surface area contributed by atoms with Crippen molar-refractivity contribution in [2.45, 2.75) is 46.2 Å². The first-order valence-corrected chi connectivity index (χ1v) is 6.25. The number of rotatable bonds is 6. The van der Waals surface area contributed by atoms with Crippen LogP contribution in [0.25, 0.3) is 0 Å². The molecule has 1 heterocycles. The molecule has 0 atom stereocenters. The third-order valence-electron chi connectivity index (χ3n) is 2.41. The number of nitrogens with zero attached hydrogens (tertiary/aromatic N) is 3. The van der Waals surface area contributed by atoms with E-state index in [9.17, 15) is 4.79 Å². The molecule has 1 amide bonds. The number of nitrogens with two attached hydrogens (primary N) is 1. The van der Waals surface area contributed by atoms with Crippen molar-refractivity contribution in [2.24, 2.45) is 11.7 Å². The molecule has 0 fully saturated rings. The highest BCUT2D eigenvalue weighted by molar-refractivity contribution is 5.91. The maximum Gasteiger partial charge on any atom is 0.273 e. The van der Waals surface area contributed by atoms with Crippen molar-refractivity contribution < 1.29 is 4.79 Å². The zero-order valence-electron chi connectivity index (χ0n) is 12.0. The van der Waals surface area contributed by atoms with E-state index in [1.54, 1.807) is 10.9 Å². The van der Waals surface area contributed by atoms with E-state index in [1.165, 1.54) is 0 Å². The van der Waals surface area contributed by atoms with Crippen molar-refractivity contribution in [1.82, 2.24) is 20.3 Å². The van der Waals surface area contributed by atoms with E-state index in [0.29, 0.717) is 18.2 Å². The molecule has 7 heteroatoms. The molecule has 0 aliphatic heterocycles. The molecule has 0 aliphatic rings. The lowest BCUT2D eigenvalue weighted by molar-refractivity contribution is 0.0941. The van der Waals surface area contributed by atoms with Crippen molar-refractivity contribution in [1.29, 1.82) is 0 Å². The van der Waals surface area contributed by atoms with Gasteiger partial charge in [0.15, 0.2) is 5.69 Å². The lowest BCUT2D eigenvalue weighted by Crippen LogP contribution is -2.45. The maximum atomic E-state index is 11.8. The lowest BCUT2D eigenvalue weighted by Gasteiger charge is -2.18. The molecule has 1 rings (SSSR count). The molecule has 0 unspecified atom stereocenters. The summed E-state index contributed by atoms with van der Waals surface area (Å²) in [6, 6.07) is 0. The highest BCUT2D eigenvalue weighted by Crippen LogP contribution is 2.02. The van der Waals surface area contributed by atoms with Crippen LogP contribution in [0.4, 0.5) is 0 Å². The van der Waals surface area contributed by atoms with Gasteiger partial charge < -0.3 is 11.1 Å². The van der Waals surface area contributed by atoms with Crippen molar-refractivity contribution in [2.75, 3.05) is 6.54 Å². The summed E-state index contributed by atoms with van der Waals surface area (Å²) in [5.74, 6) is 0.369. The highest BCUT2D eigenvalue weighted by Gasteiger charge is 2.15. The fourth-order valence-electron chi connectivity index (χ4n) is 1.30. The SMILES string of the molecule is CC(C)CCn1cc(C(=O)NCC(C)(C)N)nn1.Cl. The molecule has 1 aromatic heterocycles. The quantitative estimate of drug-likeness (QED) is 0.824. The van der Waals surface area contributed by atoms with Gasteiger partial charge in [-0.1, -0.05) is 19.1 Å². The molecule has 0 aliphatic carbocycles. The predicted molar refractivity (Wildman–Crippen MR) is 77.3 cm³/mol. The van der Waals surface area contributed by atoms with Gasteiger partial charge in [0.2, 0.25) is 0 Å². The Morgan fingerprint density at radius 3 is 2.68 bits per heavy atom. The van der Waals surface area contributed by atoms with Crippen LogP contribution in [-0.4, -0.2) is 33.0 Å². The number of halogens is 1. The van der Waals surface area contributed by atoms with Crippen molar-refractivity contribution >= 4 is 18.3 Å². The summed E-state index contributed by atoms with van der Waals surface area (Å²) in [4.78, 5) is 11.8. The van der Waals surface area contributed by atoms with Crippen LogP contribution < -0.4 is 11.1 Å². The summed E-state index contributed by atoms with van der Waals surface area (Å²) >= 11 is 0. The van der Waals surface area contributed by atoms with Gasteiger partial charge in [-0.3, -0.25) is 9.48 Å². The molecule has 3 N–H and O–H groups in total. The van der Waals surface area contributed by atoms with Gasteiger partial charge in [0.05, 0.1) is 6.20 Å². The number of aryl methyl sites for hydroxylation is 1. The van der Waals surface area contributed by atoms with Crippen LogP contribution in [0.2, 0.25) is 0 Å². The van der Waals surface area contributed by atoms with Crippen LogP contribution >= 0.6 is 12.4 Å². The van der Waals surface area contributed by atoms with Gasteiger partial charge in [0.1, 0.15) is 0 Å². The Morgan fingerprint density at radius 2 is 2.16 bits per heavy atom. The number of carbonyl (C=O) groups is 1. The Labute approximate surface area is 120 Å². The summed E-state index contributed by atoms with van der Waals surface area (Å²) in [7, 11) is 0. The molecule has 1 aromatic rings. The van der Waals surface area contributed by atoms with Crippen molar-refractivity contribution in [3.05, 3.63) is 11.9 Å². The van der Waals surface area contributed by atoms with Crippen LogP contribution in [0.15, 0.2) is 6.20 Å². The Kier molecular flexibility index (Phi) is 7.00. The normalized spacial score (nSPS) is 11.3. The smallest absolute Gasteiger partial charge is 0.273 e. The van der Waals surface area contributed by atoms with Crippen molar-refractivity contribution in [3.8, 4) is 0 Å². The minimum atomic E-state index is -0.427. The number of nitrogens with one attached hydrogen (secondary N) is 1. The molecule has 0 radical (unpaired) electrons. The monoisotopic (exact) mass is 289 g/mol. The second-order valence-electron chi connectivity index (χ2n) is 5.72. The van der Waals surface area contributed by atoms with Crippen LogP contribution in [0.1, 0.15) is 44.6 Å². The first-order valence-electron chi connectivity index (χ1n) is 6.25. The molecule has 0 aromatic carbocycles. The highest BCUT2D eigenvalue weighted by atomic mass is 35.5. The number of hydrogen-bond acceptors (Lipinski definition) is 4. The maximum absolute atomic E-state index is 11.8. The van der Waals surface area contributed by atoms with Crippen LogP contribution in [0.5, 0.6) is 0 Å². The fourth-order valence-corrected chi connectivity index (χ4v) is 1.30. The topological polar surface area (TPSA) is 85.8 Å². The van der Waals surface area contributed by atoms with Crippen molar-refractivity contribution in [3.63, 3.8) is 0 Å². The van der Waals surface area contributed by atoms with Gasteiger partial charge in [-0.2, -0.15) is 0 Å². The number of amides is 1. The van der Waals surface area contributed by atoms with Crippen LogP contribution in [-0.2, 0) is 6.54 Å². The second-order valence-corrected chi connectivity index (χ2v) is 5.72. The first-order chi connectivity index (χ1) is 8.28. The minimum Gasteiger partial charge on any atom is -0.349 e. The van der Waals surface area contributed by atoms with Gasteiger partial charge in [0, 0.05) is 18.6 Å². The first kappa shape index (κ1) is 17.9. The van der Waals surface area contributed by atoms with Gasteiger partial charge >= 0.3 is 0 Å². The van der Waals surface area contributed by atoms with E-state index in [-0.39, 0.29) is 18.3 Å². The van der Waals surface area contributed by atoms with Crippen LogP contribution in [0, 0.1) is 5.92 Å². The number of aromatic nitrogens is 3. The fraction of sp³-hybridized carbons (Fsp3) is 0.750. The summed E-state index contributed by atoms with van der Waals surface area (Å²) in [6.07, 6.45) is 2.68. The molecule has 110 valence electrons. The lowest BCUT2D eigenvalue weighted by atomic mass is 10.1. The van der Waals surface area contributed by atoms with E-state index in [0.717, 1.165) is 13.0 Å². The van der Waals surface area contributed by atoms with Gasteiger partial charge in [-0.15, -0.1) is 17.5 Å². The van der Waals surface area contributed by atoms with Gasteiger partial charge in [-0.25, -0.2) is 0 Å². The average Bonchev–Trinajstić information content (AvgIpc) is 2.70. The summed E-state index contributed by atoms with van der Waals surface area (Å²) in [5, 5.41) is 10.5.